The Bertz CT molecular complexity index is 1080. The smallest absolute Gasteiger partial charge is 0.251 e. The van der Waals surface area contributed by atoms with Crippen LogP contribution < -0.4 is 5.32 Å². The maximum Gasteiger partial charge on any atom is 0.251 e. The molecule has 3 nitrogen and oxygen atoms in total. The molecule has 2 aromatic carbocycles. The number of aryl methyl sites for hydroxylation is 1. The molecule has 4 heteroatoms. The first kappa shape index (κ1) is 19.2. The molecule has 0 aliphatic heterocycles. The van der Waals surface area contributed by atoms with Gasteiger partial charge in [-0.05, 0) is 98.7 Å². The molecule has 1 N–H and O–H groups in total. The average molecular weight is 403 g/mol. The van der Waals surface area contributed by atoms with Crippen LogP contribution in [0.5, 0.6) is 0 Å². The highest BCUT2D eigenvalue weighted by Gasteiger charge is 2.49. The van der Waals surface area contributed by atoms with Gasteiger partial charge in [0.1, 0.15) is 5.82 Å². The first-order valence-corrected chi connectivity index (χ1v) is 11.0. The minimum Gasteiger partial charge on any atom is -0.349 e. The predicted octanol–water partition coefficient (Wildman–Crippen LogP) is 5.92. The molecule has 1 heterocycles. The molecule has 2 fully saturated rings. The first-order chi connectivity index (χ1) is 14.5. The van der Waals surface area contributed by atoms with E-state index in [1.54, 1.807) is 12.1 Å². The fraction of sp³-hybridized carbons (Fsp3) is 0.385. The molecule has 154 valence electrons. The van der Waals surface area contributed by atoms with E-state index in [-0.39, 0.29) is 23.2 Å². The number of amides is 1. The summed E-state index contributed by atoms with van der Waals surface area (Å²) in [4.78, 5) is 17.1. The third kappa shape index (κ3) is 3.38. The normalized spacial score (nSPS) is 25.8. The summed E-state index contributed by atoms with van der Waals surface area (Å²) in [7, 11) is 0. The maximum absolute atomic E-state index is 13.8. The Labute approximate surface area is 176 Å². The number of halogens is 1. The topological polar surface area (TPSA) is 42.0 Å². The number of hydrogen-bond donors (Lipinski definition) is 1. The van der Waals surface area contributed by atoms with E-state index in [0.29, 0.717) is 5.92 Å². The summed E-state index contributed by atoms with van der Waals surface area (Å²) >= 11 is 0. The van der Waals surface area contributed by atoms with Crippen LogP contribution in [-0.2, 0) is 0 Å². The Morgan fingerprint density at radius 1 is 1.03 bits per heavy atom. The quantitative estimate of drug-likeness (QED) is 0.591. The SMILES string of the molecule is Cc1ccc(C(=O)N[C@H]2CCC23CCC(c2ccnc4ccc(F)cc24)CC3)cc1. The van der Waals surface area contributed by atoms with Crippen LogP contribution in [0.4, 0.5) is 4.39 Å². The zero-order valence-electron chi connectivity index (χ0n) is 17.3. The largest absolute Gasteiger partial charge is 0.349 e. The molecule has 2 aliphatic rings. The third-order valence-corrected chi connectivity index (χ3v) is 7.45. The van der Waals surface area contributed by atoms with Crippen LogP contribution in [0.25, 0.3) is 10.9 Å². The molecular formula is C26H27FN2O. The van der Waals surface area contributed by atoms with E-state index in [4.69, 9.17) is 0 Å². The Balaban J connectivity index is 1.28. The van der Waals surface area contributed by atoms with Gasteiger partial charge in [0.25, 0.3) is 5.91 Å². The fourth-order valence-electron chi connectivity index (χ4n) is 5.47. The van der Waals surface area contributed by atoms with Gasteiger partial charge in [-0.1, -0.05) is 17.7 Å². The zero-order chi connectivity index (χ0) is 20.7. The van der Waals surface area contributed by atoms with Crippen LogP contribution in [0.2, 0.25) is 0 Å². The summed E-state index contributed by atoms with van der Waals surface area (Å²) in [5.74, 6) is 0.260. The molecule has 0 unspecified atom stereocenters. The summed E-state index contributed by atoms with van der Waals surface area (Å²) in [6, 6.07) is 15.0. The molecule has 0 bridgehead atoms. The van der Waals surface area contributed by atoms with Crippen LogP contribution in [0.15, 0.2) is 54.7 Å². The zero-order valence-corrected chi connectivity index (χ0v) is 17.3. The minimum atomic E-state index is -0.207. The number of pyridine rings is 1. The number of carbonyl (C=O) groups excluding carboxylic acids is 1. The van der Waals surface area contributed by atoms with Crippen LogP contribution in [0.3, 0.4) is 0 Å². The van der Waals surface area contributed by atoms with E-state index in [1.165, 1.54) is 18.1 Å². The van der Waals surface area contributed by atoms with Crippen molar-refractivity contribution in [2.75, 3.05) is 0 Å². The van der Waals surface area contributed by atoms with Crippen LogP contribution in [0.1, 0.15) is 65.9 Å². The van der Waals surface area contributed by atoms with E-state index in [2.05, 4.69) is 16.4 Å². The molecular weight excluding hydrogens is 375 g/mol. The van der Waals surface area contributed by atoms with E-state index in [1.807, 2.05) is 37.4 Å². The van der Waals surface area contributed by atoms with Crippen molar-refractivity contribution in [3.8, 4) is 0 Å². The molecule has 1 aromatic heterocycles. The van der Waals surface area contributed by atoms with Gasteiger partial charge in [-0.2, -0.15) is 0 Å². The van der Waals surface area contributed by atoms with Crippen LogP contribution in [0, 0.1) is 18.2 Å². The Hall–Kier alpha value is -2.75. The van der Waals surface area contributed by atoms with Crippen molar-refractivity contribution in [2.45, 2.75) is 57.4 Å². The number of aromatic nitrogens is 1. The molecule has 2 saturated carbocycles. The number of carbonyl (C=O) groups is 1. The molecule has 2 aliphatic carbocycles. The minimum absolute atomic E-state index is 0.0387. The highest BCUT2D eigenvalue weighted by molar-refractivity contribution is 5.94. The van der Waals surface area contributed by atoms with Crippen molar-refractivity contribution in [3.05, 3.63) is 77.2 Å². The summed E-state index contributed by atoms with van der Waals surface area (Å²) in [5, 5.41) is 4.25. The van der Waals surface area contributed by atoms with Gasteiger partial charge < -0.3 is 5.32 Å². The third-order valence-electron chi connectivity index (χ3n) is 7.45. The van der Waals surface area contributed by atoms with Gasteiger partial charge in [0.05, 0.1) is 5.52 Å². The molecule has 3 aromatic rings. The van der Waals surface area contributed by atoms with Crippen molar-refractivity contribution in [2.24, 2.45) is 5.41 Å². The number of fused-ring (bicyclic) bond motifs is 1. The van der Waals surface area contributed by atoms with E-state index in [0.717, 1.165) is 54.1 Å². The molecule has 0 saturated heterocycles. The van der Waals surface area contributed by atoms with Gasteiger partial charge >= 0.3 is 0 Å². The molecule has 1 amide bonds. The summed E-state index contributed by atoms with van der Waals surface area (Å²) in [5.41, 5.74) is 4.20. The maximum atomic E-state index is 13.8. The average Bonchev–Trinajstić information content (AvgIpc) is 2.77. The van der Waals surface area contributed by atoms with Gasteiger partial charge in [-0.25, -0.2) is 4.39 Å². The molecule has 1 atom stereocenters. The highest BCUT2D eigenvalue weighted by atomic mass is 19.1. The number of hydrogen-bond acceptors (Lipinski definition) is 2. The van der Waals surface area contributed by atoms with Gasteiger partial charge in [0.15, 0.2) is 0 Å². The second-order valence-corrected chi connectivity index (χ2v) is 9.13. The lowest BCUT2D eigenvalue weighted by Gasteiger charge is -2.53. The summed E-state index contributed by atoms with van der Waals surface area (Å²) < 4.78 is 13.8. The lowest BCUT2D eigenvalue weighted by atomic mass is 9.55. The van der Waals surface area contributed by atoms with Crippen molar-refractivity contribution in [3.63, 3.8) is 0 Å². The van der Waals surface area contributed by atoms with Gasteiger partial charge in [0, 0.05) is 23.2 Å². The highest BCUT2D eigenvalue weighted by Crippen LogP contribution is 2.55. The molecule has 5 rings (SSSR count). The first-order valence-electron chi connectivity index (χ1n) is 11.0. The molecule has 1 spiro atoms. The van der Waals surface area contributed by atoms with Gasteiger partial charge in [-0.15, -0.1) is 0 Å². The Morgan fingerprint density at radius 2 is 1.77 bits per heavy atom. The summed E-state index contributed by atoms with van der Waals surface area (Å²) in [6.45, 7) is 2.03. The number of benzene rings is 2. The van der Waals surface area contributed by atoms with Gasteiger partial charge in [0.2, 0.25) is 0 Å². The van der Waals surface area contributed by atoms with E-state index in [9.17, 15) is 9.18 Å². The standard InChI is InChI=1S/C26H27FN2O/c1-17-2-4-19(5-3-17)25(30)29-24-10-14-26(24)12-8-18(9-13-26)21-11-15-28-23-7-6-20(27)16-22(21)23/h2-7,11,15-16,18,24H,8-10,12-14H2,1H3,(H,29,30)/t18?,24-,26?/m0/s1. The predicted molar refractivity (Wildman–Crippen MR) is 117 cm³/mol. The Morgan fingerprint density at radius 3 is 2.47 bits per heavy atom. The van der Waals surface area contributed by atoms with Crippen molar-refractivity contribution < 1.29 is 9.18 Å². The van der Waals surface area contributed by atoms with E-state index >= 15 is 0 Å². The van der Waals surface area contributed by atoms with Crippen molar-refractivity contribution >= 4 is 16.8 Å². The second kappa shape index (κ2) is 7.50. The van der Waals surface area contributed by atoms with Crippen LogP contribution >= 0.6 is 0 Å². The lowest BCUT2D eigenvalue weighted by Crippen LogP contribution is -2.56. The van der Waals surface area contributed by atoms with Crippen LogP contribution in [-0.4, -0.2) is 16.9 Å². The Kier molecular flexibility index (Phi) is 4.80. The lowest BCUT2D eigenvalue weighted by molar-refractivity contribution is 0.0173. The molecule has 0 radical (unpaired) electrons. The summed E-state index contributed by atoms with van der Waals surface area (Å²) in [6.07, 6.45) is 8.45. The van der Waals surface area contributed by atoms with Crippen molar-refractivity contribution in [1.82, 2.24) is 10.3 Å². The monoisotopic (exact) mass is 402 g/mol. The number of rotatable bonds is 3. The second-order valence-electron chi connectivity index (χ2n) is 9.13. The number of nitrogens with zero attached hydrogens (tertiary/aromatic N) is 1. The molecule has 30 heavy (non-hydrogen) atoms. The van der Waals surface area contributed by atoms with Crippen molar-refractivity contribution in [1.29, 1.82) is 0 Å². The van der Waals surface area contributed by atoms with Gasteiger partial charge in [-0.3, -0.25) is 9.78 Å². The number of nitrogens with one attached hydrogen (secondary N) is 1. The fourth-order valence-corrected chi connectivity index (χ4v) is 5.47. The van der Waals surface area contributed by atoms with E-state index < -0.39 is 0 Å².